The van der Waals surface area contributed by atoms with Crippen molar-refractivity contribution in [3.05, 3.63) is 18.2 Å². The maximum absolute atomic E-state index is 11.3. The highest BCUT2D eigenvalue weighted by atomic mass is 16.8. The highest BCUT2D eigenvalue weighted by molar-refractivity contribution is 5.90. The van der Waals surface area contributed by atoms with E-state index >= 15 is 0 Å². The van der Waals surface area contributed by atoms with Crippen molar-refractivity contribution in [3.63, 3.8) is 0 Å². The van der Waals surface area contributed by atoms with Crippen molar-refractivity contribution in [2.75, 3.05) is 18.9 Å². The number of urea groups is 1. The van der Waals surface area contributed by atoms with Gasteiger partial charge in [0.1, 0.15) is 29.8 Å². The van der Waals surface area contributed by atoms with E-state index in [1.807, 2.05) is 0 Å². The minimum atomic E-state index is -1.60. The molecule has 0 radical (unpaired) electrons. The minimum Gasteiger partial charge on any atom is -0.506 e. The van der Waals surface area contributed by atoms with E-state index in [1.54, 1.807) is 0 Å². The second-order valence-corrected chi connectivity index (χ2v) is 5.90. The second-order valence-electron chi connectivity index (χ2n) is 5.90. The minimum absolute atomic E-state index is 0.0623. The number of phenols is 1. The number of anilines is 1. The number of hydroxylamine groups is 2. The first-order valence-electron chi connectivity index (χ1n) is 8.06. The van der Waals surface area contributed by atoms with Crippen LogP contribution in [0.2, 0.25) is 0 Å². The van der Waals surface area contributed by atoms with Gasteiger partial charge < -0.3 is 40.5 Å². The van der Waals surface area contributed by atoms with Crippen LogP contribution >= 0.6 is 0 Å². The van der Waals surface area contributed by atoms with Gasteiger partial charge in [-0.25, -0.2) is 4.79 Å². The van der Waals surface area contributed by atoms with Gasteiger partial charge in [0.15, 0.2) is 0 Å². The number of phenolic OH excluding ortho intramolecular Hbond substituents is 1. The molecule has 5 atom stereocenters. The third-order valence-electron chi connectivity index (χ3n) is 3.98. The lowest BCUT2D eigenvalue weighted by molar-refractivity contribution is -0.317. The third kappa shape index (κ3) is 5.40. The average molecular weight is 389 g/mol. The van der Waals surface area contributed by atoms with Crippen LogP contribution < -0.4 is 15.4 Å². The average Bonchev–Trinajstić information content (AvgIpc) is 2.63. The fourth-order valence-corrected chi connectivity index (χ4v) is 2.50. The Balaban J connectivity index is 2.08. The predicted molar refractivity (Wildman–Crippen MR) is 88.4 cm³/mol. The molecule has 1 aromatic rings. The maximum atomic E-state index is 11.3. The molecule has 0 bridgehead atoms. The first-order valence-corrected chi connectivity index (χ1v) is 8.06. The molecule has 12 nitrogen and oxygen atoms in total. The maximum Gasteiger partial charge on any atom is 0.319 e. The Morgan fingerprint density at radius 3 is 2.52 bits per heavy atom. The smallest absolute Gasteiger partial charge is 0.319 e. The first-order chi connectivity index (χ1) is 12.7. The van der Waals surface area contributed by atoms with Gasteiger partial charge in [-0.1, -0.05) is 5.23 Å². The van der Waals surface area contributed by atoms with Crippen LogP contribution in [0.15, 0.2) is 18.2 Å². The number of carbonyl (C=O) groups excluding carboxylic acids is 1. The number of aliphatic hydroxyl groups is 3. The lowest BCUT2D eigenvalue weighted by Crippen LogP contribution is -2.59. The summed E-state index contributed by atoms with van der Waals surface area (Å²) >= 11 is 0. The predicted octanol–water partition coefficient (Wildman–Crippen LogP) is -1.20. The summed E-state index contributed by atoms with van der Waals surface area (Å²) in [5, 5.41) is 62.0. The van der Waals surface area contributed by atoms with Crippen molar-refractivity contribution in [2.45, 2.75) is 37.1 Å². The van der Waals surface area contributed by atoms with Gasteiger partial charge >= 0.3 is 6.03 Å². The van der Waals surface area contributed by atoms with Gasteiger partial charge in [0.25, 0.3) is 0 Å². The molecule has 1 heterocycles. The number of carbonyl (C=O) groups is 1. The van der Waals surface area contributed by atoms with Crippen molar-refractivity contribution >= 4 is 11.7 Å². The highest BCUT2D eigenvalue weighted by Gasteiger charge is 2.44. The van der Waals surface area contributed by atoms with Gasteiger partial charge in [-0.3, -0.25) is 10.4 Å². The molecular formula is C15H23N3O9. The number of nitrogens with zero attached hydrogens (tertiary/aromatic N) is 1. The zero-order valence-electron chi connectivity index (χ0n) is 14.4. The number of amides is 2. The van der Waals surface area contributed by atoms with Crippen molar-refractivity contribution in [1.29, 1.82) is 0 Å². The van der Waals surface area contributed by atoms with Gasteiger partial charge in [0, 0.05) is 13.1 Å². The first kappa shape index (κ1) is 21.1. The van der Waals surface area contributed by atoms with Gasteiger partial charge in [0.2, 0.25) is 6.29 Å². The monoisotopic (exact) mass is 389 g/mol. The summed E-state index contributed by atoms with van der Waals surface area (Å²) in [6.45, 7) is -0.280. The number of aromatic hydroxyl groups is 1. The van der Waals surface area contributed by atoms with Crippen molar-refractivity contribution < 1.29 is 45.1 Å². The van der Waals surface area contributed by atoms with E-state index in [0.717, 1.165) is 6.07 Å². The molecule has 1 saturated heterocycles. The summed E-state index contributed by atoms with van der Waals surface area (Å²) in [5.41, 5.74) is 0.117. The molecule has 27 heavy (non-hydrogen) atoms. The molecule has 0 unspecified atom stereocenters. The van der Waals surface area contributed by atoms with Crippen LogP contribution in [-0.4, -0.2) is 86.4 Å². The zero-order chi connectivity index (χ0) is 20.1. The molecule has 1 aliphatic rings. The molecule has 2 rings (SSSR count). The van der Waals surface area contributed by atoms with E-state index in [4.69, 9.17) is 19.9 Å². The summed E-state index contributed by atoms with van der Waals surface area (Å²) < 4.78 is 10.8. The number of ether oxygens (including phenoxy) is 2. The third-order valence-corrected chi connectivity index (χ3v) is 3.98. The SMILES string of the molecule is CNC(=O)Nc1ccc(O[C@H]2O[C@H](CCN(O)O)[C@@H](O)[C@H](O)[C@@H]2O)cc1O. The number of aliphatic hydroxyl groups excluding tert-OH is 3. The molecule has 2 amide bonds. The van der Waals surface area contributed by atoms with Crippen LogP contribution in [-0.2, 0) is 4.74 Å². The quantitative estimate of drug-likeness (QED) is 0.217. The fraction of sp³-hybridized carbons (Fsp3) is 0.533. The van der Waals surface area contributed by atoms with Gasteiger partial charge in [-0.05, 0) is 18.6 Å². The highest BCUT2D eigenvalue weighted by Crippen LogP contribution is 2.31. The van der Waals surface area contributed by atoms with Crippen LogP contribution in [0.25, 0.3) is 0 Å². The standard InChI is InChI=1S/C15H23N3O9/c1-16-15(23)17-8-3-2-7(6-9(8)19)26-14-13(22)12(21)11(20)10(27-14)4-5-18(24)25/h2-3,6,10-14,19-22,24-25H,4-5H2,1H3,(H2,16,17,23)/t10-,11-,12+,13+,14+/m1/s1. The van der Waals surface area contributed by atoms with Crippen LogP contribution in [0.4, 0.5) is 10.5 Å². The van der Waals surface area contributed by atoms with Gasteiger partial charge in [-0.15, -0.1) is 0 Å². The lowest BCUT2D eigenvalue weighted by Gasteiger charge is -2.40. The Morgan fingerprint density at radius 2 is 1.93 bits per heavy atom. The largest absolute Gasteiger partial charge is 0.506 e. The molecule has 12 heteroatoms. The van der Waals surface area contributed by atoms with E-state index in [9.17, 15) is 25.2 Å². The molecule has 1 aromatic carbocycles. The lowest BCUT2D eigenvalue weighted by atomic mass is 9.97. The summed E-state index contributed by atoms with van der Waals surface area (Å²) in [7, 11) is 1.41. The molecule has 8 N–H and O–H groups in total. The van der Waals surface area contributed by atoms with E-state index in [-0.39, 0.29) is 35.4 Å². The molecule has 0 aliphatic carbocycles. The van der Waals surface area contributed by atoms with Crippen LogP contribution in [0.1, 0.15) is 6.42 Å². The van der Waals surface area contributed by atoms with E-state index in [2.05, 4.69) is 10.6 Å². The van der Waals surface area contributed by atoms with Crippen LogP contribution in [0.5, 0.6) is 11.5 Å². The Labute approximate surface area is 154 Å². The molecule has 0 aromatic heterocycles. The Bertz CT molecular complexity index is 645. The molecule has 0 saturated carbocycles. The van der Waals surface area contributed by atoms with Crippen LogP contribution in [0, 0.1) is 0 Å². The number of rotatable bonds is 6. The fourth-order valence-electron chi connectivity index (χ4n) is 2.50. The summed E-state index contributed by atoms with van der Waals surface area (Å²) in [6, 6.07) is 3.37. The Hall–Kier alpha value is -2.19. The molecular weight excluding hydrogens is 366 g/mol. The molecule has 1 aliphatic heterocycles. The number of nitrogens with one attached hydrogen (secondary N) is 2. The topological polar surface area (TPSA) is 184 Å². The Morgan fingerprint density at radius 1 is 1.22 bits per heavy atom. The van der Waals surface area contributed by atoms with Gasteiger partial charge in [-0.2, -0.15) is 0 Å². The van der Waals surface area contributed by atoms with Crippen LogP contribution in [0.3, 0.4) is 0 Å². The number of hydrogen-bond donors (Lipinski definition) is 8. The molecule has 152 valence electrons. The normalized spacial score (nSPS) is 28.0. The number of benzene rings is 1. The van der Waals surface area contributed by atoms with E-state index in [0.29, 0.717) is 0 Å². The zero-order valence-corrected chi connectivity index (χ0v) is 14.4. The summed E-state index contributed by atoms with van der Waals surface area (Å²) in [4.78, 5) is 11.3. The Kier molecular flexibility index (Phi) is 7.15. The van der Waals surface area contributed by atoms with Crippen molar-refractivity contribution in [1.82, 2.24) is 10.5 Å². The molecule has 0 spiro atoms. The second kappa shape index (κ2) is 9.14. The van der Waals surface area contributed by atoms with E-state index < -0.39 is 36.7 Å². The van der Waals surface area contributed by atoms with E-state index in [1.165, 1.54) is 19.2 Å². The van der Waals surface area contributed by atoms with Crippen molar-refractivity contribution in [2.24, 2.45) is 0 Å². The number of hydrogen-bond acceptors (Lipinski definition) is 10. The summed E-state index contributed by atoms with van der Waals surface area (Å²) in [5.74, 6) is -0.248. The molecule has 1 fully saturated rings. The van der Waals surface area contributed by atoms with Crippen molar-refractivity contribution in [3.8, 4) is 11.5 Å². The summed E-state index contributed by atoms with van der Waals surface area (Å²) in [6.07, 6.45) is -7.16. The van der Waals surface area contributed by atoms with Gasteiger partial charge in [0.05, 0.1) is 18.3 Å².